The fourth-order valence-electron chi connectivity index (χ4n) is 2.87. The first-order valence-electron chi connectivity index (χ1n) is 7.29. The van der Waals surface area contributed by atoms with Gasteiger partial charge in [0.05, 0.1) is 17.4 Å². The number of aromatic nitrogens is 4. The Bertz CT molecular complexity index is 1080. The van der Waals surface area contributed by atoms with Gasteiger partial charge >= 0.3 is 0 Å². The lowest BCUT2D eigenvalue weighted by Gasteiger charge is -2.15. The topological polar surface area (TPSA) is 43.1 Å². The second-order valence-corrected chi connectivity index (χ2v) is 5.87. The van der Waals surface area contributed by atoms with Crippen molar-refractivity contribution in [1.82, 2.24) is 19.6 Å². The minimum absolute atomic E-state index is 0.0425. The Morgan fingerprint density at radius 1 is 1.17 bits per heavy atom. The summed E-state index contributed by atoms with van der Waals surface area (Å²) in [5.74, 6) is -1.87. The van der Waals surface area contributed by atoms with Gasteiger partial charge in [-0.3, -0.25) is 4.98 Å². The zero-order valence-corrected chi connectivity index (χ0v) is 13.3. The van der Waals surface area contributed by atoms with Crippen molar-refractivity contribution in [3.8, 4) is 0 Å². The molecule has 0 spiro atoms. The van der Waals surface area contributed by atoms with E-state index in [1.165, 1.54) is 16.8 Å². The number of pyridine rings is 1. The number of hydrogen-bond acceptors (Lipinski definition) is 3. The first-order valence-corrected chi connectivity index (χ1v) is 7.67. The molecule has 0 bridgehead atoms. The molecule has 1 atom stereocenters. The second-order valence-electron chi connectivity index (χ2n) is 5.49. The summed E-state index contributed by atoms with van der Waals surface area (Å²) in [5.41, 5.74) is 1.35. The molecule has 4 rings (SSSR count). The van der Waals surface area contributed by atoms with Crippen LogP contribution in [-0.4, -0.2) is 19.6 Å². The fourth-order valence-corrected chi connectivity index (χ4v) is 3.01. The van der Waals surface area contributed by atoms with Crippen LogP contribution < -0.4 is 0 Å². The highest BCUT2D eigenvalue weighted by Gasteiger charge is 2.24. The van der Waals surface area contributed by atoms with Gasteiger partial charge in [-0.15, -0.1) is 0 Å². The van der Waals surface area contributed by atoms with Crippen molar-refractivity contribution in [3.63, 3.8) is 0 Å². The van der Waals surface area contributed by atoms with Crippen molar-refractivity contribution in [1.29, 1.82) is 0 Å². The molecule has 24 heavy (non-hydrogen) atoms. The van der Waals surface area contributed by atoms with E-state index < -0.39 is 17.6 Å². The van der Waals surface area contributed by atoms with Gasteiger partial charge in [0.2, 0.25) is 0 Å². The number of halogens is 3. The van der Waals surface area contributed by atoms with Crippen LogP contribution in [0.4, 0.5) is 8.78 Å². The maximum absolute atomic E-state index is 14.9. The Kier molecular flexibility index (Phi) is 3.42. The van der Waals surface area contributed by atoms with E-state index in [9.17, 15) is 8.78 Å². The lowest BCUT2D eigenvalue weighted by molar-refractivity contribution is 0.551. The number of imidazole rings is 1. The summed E-state index contributed by atoms with van der Waals surface area (Å²) in [7, 11) is 0. The zero-order valence-electron chi connectivity index (χ0n) is 12.5. The number of fused-ring (bicyclic) bond motifs is 2. The molecule has 7 heteroatoms. The molecule has 1 aromatic carbocycles. The van der Waals surface area contributed by atoms with E-state index in [2.05, 4.69) is 15.1 Å². The molecule has 0 unspecified atom stereocenters. The second kappa shape index (κ2) is 5.49. The largest absolute Gasteiger partial charge is 0.256 e. The van der Waals surface area contributed by atoms with Crippen LogP contribution in [0.1, 0.15) is 24.1 Å². The highest BCUT2D eigenvalue weighted by molar-refractivity contribution is 6.29. The molecule has 120 valence electrons. The van der Waals surface area contributed by atoms with E-state index in [1.54, 1.807) is 37.4 Å². The summed E-state index contributed by atoms with van der Waals surface area (Å²) in [6, 6.07) is 7.75. The molecule has 0 aliphatic rings. The van der Waals surface area contributed by atoms with E-state index in [-0.39, 0.29) is 21.6 Å². The Morgan fingerprint density at radius 2 is 2.00 bits per heavy atom. The maximum atomic E-state index is 14.9. The SMILES string of the molecule is C[C@H](c1c(F)cc2ncccc2c1F)c1cnc2ccc(Cl)nn12. The van der Waals surface area contributed by atoms with Crippen LogP contribution in [0.5, 0.6) is 0 Å². The van der Waals surface area contributed by atoms with E-state index in [0.29, 0.717) is 11.3 Å². The molecule has 3 heterocycles. The summed E-state index contributed by atoms with van der Waals surface area (Å²) in [4.78, 5) is 8.21. The molecule has 0 amide bonds. The lowest BCUT2D eigenvalue weighted by Crippen LogP contribution is -2.08. The van der Waals surface area contributed by atoms with Gasteiger partial charge in [0.25, 0.3) is 0 Å². The van der Waals surface area contributed by atoms with Crippen LogP contribution in [0.25, 0.3) is 16.6 Å². The number of rotatable bonds is 2. The van der Waals surface area contributed by atoms with Crippen molar-refractivity contribution >= 4 is 28.2 Å². The van der Waals surface area contributed by atoms with E-state index in [4.69, 9.17) is 11.6 Å². The molecule has 0 N–H and O–H groups in total. The molecular formula is C17H11ClF2N4. The van der Waals surface area contributed by atoms with Gasteiger partial charge in [0, 0.05) is 29.1 Å². The molecule has 0 fully saturated rings. The average Bonchev–Trinajstić information content (AvgIpc) is 2.97. The Balaban J connectivity index is 1.94. The predicted molar refractivity (Wildman–Crippen MR) is 87.2 cm³/mol. The van der Waals surface area contributed by atoms with Crippen LogP contribution in [0, 0.1) is 11.6 Å². The zero-order chi connectivity index (χ0) is 16.8. The predicted octanol–water partition coefficient (Wildman–Crippen LogP) is 4.36. The van der Waals surface area contributed by atoms with Crippen molar-refractivity contribution in [3.05, 3.63) is 70.8 Å². The normalized spacial score (nSPS) is 12.8. The maximum Gasteiger partial charge on any atom is 0.153 e. The first-order chi connectivity index (χ1) is 11.6. The molecule has 0 radical (unpaired) electrons. The van der Waals surface area contributed by atoms with E-state index in [1.807, 2.05) is 0 Å². The summed E-state index contributed by atoms with van der Waals surface area (Å²) in [6.07, 6.45) is 3.05. The van der Waals surface area contributed by atoms with Crippen LogP contribution in [0.2, 0.25) is 5.15 Å². The molecule has 0 aliphatic heterocycles. The van der Waals surface area contributed by atoms with Gasteiger partial charge in [0.15, 0.2) is 5.65 Å². The Morgan fingerprint density at radius 3 is 2.83 bits per heavy atom. The van der Waals surface area contributed by atoms with Crippen molar-refractivity contribution in [2.45, 2.75) is 12.8 Å². The summed E-state index contributed by atoms with van der Waals surface area (Å²) in [6.45, 7) is 1.70. The van der Waals surface area contributed by atoms with Crippen LogP contribution in [0.3, 0.4) is 0 Å². The highest BCUT2D eigenvalue weighted by atomic mass is 35.5. The molecular weight excluding hydrogens is 334 g/mol. The van der Waals surface area contributed by atoms with Gasteiger partial charge in [0.1, 0.15) is 16.8 Å². The van der Waals surface area contributed by atoms with Crippen molar-refractivity contribution in [2.75, 3.05) is 0 Å². The smallest absolute Gasteiger partial charge is 0.153 e. The lowest BCUT2D eigenvalue weighted by atomic mass is 9.95. The summed E-state index contributed by atoms with van der Waals surface area (Å²) < 4.78 is 30.9. The van der Waals surface area contributed by atoms with Crippen LogP contribution in [0.15, 0.2) is 42.7 Å². The third-order valence-electron chi connectivity index (χ3n) is 4.07. The third-order valence-corrected chi connectivity index (χ3v) is 4.27. The van der Waals surface area contributed by atoms with Gasteiger partial charge in [-0.2, -0.15) is 5.10 Å². The number of hydrogen-bond donors (Lipinski definition) is 0. The Labute approximate surface area is 140 Å². The van der Waals surface area contributed by atoms with Crippen LogP contribution in [-0.2, 0) is 0 Å². The van der Waals surface area contributed by atoms with Crippen molar-refractivity contribution < 1.29 is 8.78 Å². The number of benzene rings is 1. The molecule has 0 aliphatic carbocycles. The molecule has 4 nitrogen and oxygen atoms in total. The minimum atomic E-state index is -0.650. The Hall–Kier alpha value is -2.60. The third kappa shape index (κ3) is 2.22. The summed E-state index contributed by atoms with van der Waals surface area (Å²) in [5, 5.41) is 4.72. The average molecular weight is 345 g/mol. The van der Waals surface area contributed by atoms with E-state index >= 15 is 0 Å². The van der Waals surface area contributed by atoms with Crippen LogP contribution >= 0.6 is 11.6 Å². The van der Waals surface area contributed by atoms with E-state index in [0.717, 1.165) is 0 Å². The quantitative estimate of drug-likeness (QED) is 0.542. The van der Waals surface area contributed by atoms with Gasteiger partial charge < -0.3 is 0 Å². The molecule has 4 aromatic rings. The monoisotopic (exact) mass is 344 g/mol. The fraction of sp³-hybridized carbons (Fsp3) is 0.118. The molecule has 0 saturated heterocycles. The molecule has 0 saturated carbocycles. The summed E-state index contributed by atoms with van der Waals surface area (Å²) >= 11 is 5.92. The van der Waals surface area contributed by atoms with Gasteiger partial charge in [-0.25, -0.2) is 18.3 Å². The van der Waals surface area contributed by atoms with Crippen molar-refractivity contribution in [2.24, 2.45) is 0 Å². The van der Waals surface area contributed by atoms with Gasteiger partial charge in [-0.05, 0) is 24.3 Å². The minimum Gasteiger partial charge on any atom is -0.256 e. The number of nitrogens with zero attached hydrogens (tertiary/aromatic N) is 4. The first kappa shape index (κ1) is 15.0. The molecule has 3 aromatic heterocycles. The van der Waals surface area contributed by atoms with Gasteiger partial charge in [-0.1, -0.05) is 18.5 Å². The highest BCUT2D eigenvalue weighted by Crippen LogP contribution is 2.32. The standard InChI is InChI=1S/C17H11ClF2N4/c1-9(13-8-22-15-5-4-14(18)23-24(13)15)16-11(19)7-12-10(17(16)20)3-2-6-21-12/h2-9H,1H3/t9-/m0/s1.